The molecule has 1 aromatic carbocycles. The number of rotatable bonds is 9. The number of aromatic nitrogens is 4. The Bertz CT molecular complexity index is 1300. The Morgan fingerprint density at radius 1 is 0.971 bits per heavy atom. The van der Waals surface area contributed by atoms with Crippen LogP contribution in [0.3, 0.4) is 0 Å². The lowest BCUT2D eigenvalue weighted by molar-refractivity contribution is 0.131. The van der Waals surface area contributed by atoms with E-state index in [-0.39, 0.29) is 47.4 Å². The monoisotopic (exact) mass is 482 g/mol. The summed E-state index contributed by atoms with van der Waals surface area (Å²) in [4.78, 5) is 7.86. The molecule has 2 N–H and O–H groups in total. The van der Waals surface area contributed by atoms with Gasteiger partial charge >= 0.3 is 0 Å². The van der Waals surface area contributed by atoms with Crippen molar-refractivity contribution < 1.29 is 33.2 Å². The first-order valence-electron chi connectivity index (χ1n) is 10.6. The standard InChI is InChI=1S/C24H23FN4O6/c1-4-34-12-14-19(20-15(32-2)6-5-7-16(20)33-3)22(30)21(23(31)27-14)24-29-28-18(35-24)10-13-8-9-17(25)26-11-13/h5-9,11H,4,10,12H2,1-3H3,(H2,27,30,31). The van der Waals surface area contributed by atoms with E-state index in [0.29, 0.717) is 29.2 Å². The van der Waals surface area contributed by atoms with Crippen molar-refractivity contribution in [3.8, 4) is 45.7 Å². The van der Waals surface area contributed by atoms with E-state index in [1.165, 1.54) is 32.5 Å². The molecule has 3 aromatic heterocycles. The van der Waals surface area contributed by atoms with Gasteiger partial charge in [0.25, 0.3) is 5.89 Å². The minimum absolute atomic E-state index is 0.00108. The van der Waals surface area contributed by atoms with E-state index in [1.807, 2.05) is 6.92 Å². The smallest absolute Gasteiger partial charge is 0.257 e. The van der Waals surface area contributed by atoms with Crippen LogP contribution in [0.5, 0.6) is 23.1 Å². The molecule has 11 heteroatoms. The van der Waals surface area contributed by atoms with Gasteiger partial charge in [0.15, 0.2) is 0 Å². The van der Waals surface area contributed by atoms with Crippen LogP contribution < -0.4 is 9.47 Å². The number of benzene rings is 1. The van der Waals surface area contributed by atoms with Gasteiger partial charge < -0.3 is 28.8 Å². The van der Waals surface area contributed by atoms with Crippen LogP contribution >= 0.6 is 0 Å². The van der Waals surface area contributed by atoms with Crippen LogP contribution in [0.1, 0.15) is 24.1 Å². The molecule has 0 saturated heterocycles. The van der Waals surface area contributed by atoms with Crippen molar-refractivity contribution in [2.24, 2.45) is 0 Å². The predicted molar refractivity (Wildman–Crippen MR) is 122 cm³/mol. The second kappa shape index (κ2) is 10.3. The molecule has 10 nitrogen and oxygen atoms in total. The molecule has 4 rings (SSSR count). The first kappa shape index (κ1) is 23.9. The molecule has 0 saturated carbocycles. The molecule has 0 aliphatic heterocycles. The summed E-state index contributed by atoms with van der Waals surface area (Å²) in [5, 5.41) is 30.0. The van der Waals surface area contributed by atoms with E-state index < -0.39 is 11.8 Å². The molecule has 3 heterocycles. The van der Waals surface area contributed by atoms with Gasteiger partial charge in [0, 0.05) is 12.8 Å². The van der Waals surface area contributed by atoms with Crippen LogP contribution in [0.4, 0.5) is 4.39 Å². The molecule has 0 radical (unpaired) electrons. The van der Waals surface area contributed by atoms with E-state index in [9.17, 15) is 14.6 Å². The van der Waals surface area contributed by atoms with Gasteiger partial charge in [-0.15, -0.1) is 10.2 Å². The summed E-state index contributed by atoms with van der Waals surface area (Å²) in [5.74, 6) is -0.663. The van der Waals surface area contributed by atoms with Crippen LogP contribution in [0.25, 0.3) is 22.6 Å². The molecular weight excluding hydrogens is 459 g/mol. The zero-order valence-corrected chi connectivity index (χ0v) is 19.3. The molecule has 0 aliphatic carbocycles. The van der Waals surface area contributed by atoms with Crippen molar-refractivity contribution in [3.63, 3.8) is 0 Å². The summed E-state index contributed by atoms with van der Waals surface area (Å²) >= 11 is 0. The maximum absolute atomic E-state index is 13.1. The molecule has 182 valence electrons. The molecule has 0 amide bonds. The molecule has 0 atom stereocenters. The van der Waals surface area contributed by atoms with Crippen LogP contribution in [0.15, 0.2) is 40.9 Å². The van der Waals surface area contributed by atoms with Crippen molar-refractivity contribution in [1.82, 2.24) is 20.2 Å². The zero-order chi connectivity index (χ0) is 24.9. The number of aromatic hydroxyl groups is 2. The van der Waals surface area contributed by atoms with Gasteiger partial charge in [0.2, 0.25) is 17.7 Å². The fraction of sp³-hybridized carbons (Fsp3) is 0.250. The van der Waals surface area contributed by atoms with E-state index in [1.54, 1.807) is 18.2 Å². The predicted octanol–water partition coefficient (Wildman–Crippen LogP) is 3.89. The average Bonchev–Trinajstić information content (AvgIpc) is 3.31. The largest absolute Gasteiger partial charge is 0.506 e. The third-order valence-corrected chi connectivity index (χ3v) is 5.17. The average molecular weight is 482 g/mol. The first-order valence-corrected chi connectivity index (χ1v) is 10.6. The third-order valence-electron chi connectivity index (χ3n) is 5.17. The fourth-order valence-electron chi connectivity index (χ4n) is 3.58. The molecule has 0 bridgehead atoms. The third kappa shape index (κ3) is 4.85. The lowest BCUT2D eigenvalue weighted by Crippen LogP contribution is -2.03. The van der Waals surface area contributed by atoms with Gasteiger partial charge in [-0.05, 0) is 30.7 Å². The van der Waals surface area contributed by atoms with E-state index >= 15 is 0 Å². The highest BCUT2D eigenvalue weighted by atomic mass is 19.1. The Labute approximate surface area is 200 Å². The maximum Gasteiger partial charge on any atom is 0.257 e. The SMILES string of the molecule is CCOCc1nc(O)c(-c2nnc(Cc3ccc(F)nc3)o2)c(O)c1-c1c(OC)cccc1OC. The molecular formula is C24H23FN4O6. The van der Waals surface area contributed by atoms with Gasteiger partial charge in [0.05, 0.1) is 44.1 Å². The molecule has 0 unspecified atom stereocenters. The van der Waals surface area contributed by atoms with Crippen LogP contribution in [0.2, 0.25) is 0 Å². The highest BCUT2D eigenvalue weighted by Crippen LogP contribution is 2.49. The molecule has 4 aromatic rings. The highest BCUT2D eigenvalue weighted by Gasteiger charge is 2.29. The van der Waals surface area contributed by atoms with Gasteiger partial charge in [0.1, 0.15) is 22.8 Å². The number of pyridine rings is 2. The van der Waals surface area contributed by atoms with E-state index in [4.69, 9.17) is 18.6 Å². The summed E-state index contributed by atoms with van der Waals surface area (Å²) in [6, 6.07) is 7.91. The lowest BCUT2D eigenvalue weighted by atomic mass is 9.98. The zero-order valence-electron chi connectivity index (χ0n) is 19.3. The van der Waals surface area contributed by atoms with Crippen molar-refractivity contribution in [1.29, 1.82) is 0 Å². The highest BCUT2D eigenvalue weighted by molar-refractivity contribution is 5.88. The molecule has 0 spiro atoms. The summed E-state index contributed by atoms with van der Waals surface area (Å²) in [5.41, 5.74) is 1.37. The van der Waals surface area contributed by atoms with Crippen molar-refractivity contribution >= 4 is 0 Å². The van der Waals surface area contributed by atoms with Crippen molar-refractivity contribution in [3.05, 3.63) is 59.6 Å². The van der Waals surface area contributed by atoms with Crippen molar-refractivity contribution in [2.45, 2.75) is 20.0 Å². The van der Waals surface area contributed by atoms with Gasteiger partial charge in [-0.1, -0.05) is 12.1 Å². The fourth-order valence-corrected chi connectivity index (χ4v) is 3.58. The van der Waals surface area contributed by atoms with Crippen LogP contribution in [0, 0.1) is 5.95 Å². The van der Waals surface area contributed by atoms with Crippen molar-refractivity contribution in [2.75, 3.05) is 20.8 Å². The van der Waals surface area contributed by atoms with Gasteiger partial charge in [-0.2, -0.15) is 4.39 Å². The summed E-state index contributed by atoms with van der Waals surface area (Å²) in [6.07, 6.45) is 1.52. The number of methoxy groups -OCH3 is 2. The summed E-state index contributed by atoms with van der Waals surface area (Å²) in [6.45, 7) is 2.20. The van der Waals surface area contributed by atoms with Crippen LogP contribution in [-0.2, 0) is 17.8 Å². The first-order chi connectivity index (χ1) is 17.0. The maximum atomic E-state index is 13.1. The molecule has 0 fully saturated rings. The number of ether oxygens (including phenoxy) is 3. The second-order valence-electron chi connectivity index (χ2n) is 7.32. The second-order valence-corrected chi connectivity index (χ2v) is 7.32. The van der Waals surface area contributed by atoms with E-state index in [0.717, 1.165) is 0 Å². The van der Waals surface area contributed by atoms with Crippen LogP contribution in [-0.4, -0.2) is 51.2 Å². The molecule has 0 aliphatic rings. The topological polar surface area (TPSA) is 133 Å². The summed E-state index contributed by atoms with van der Waals surface area (Å²) < 4.78 is 35.3. The summed E-state index contributed by atoms with van der Waals surface area (Å²) in [7, 11) is 2.97. The Kier molecular flexibility index (Phi) is 7.06. The Balaban J connectivity index is 1.85. The van der Waals surface area contributed by atoms with E-state index in [2.05, 4.69) is 20.2 Å². The molecule has 35 heavy (non-hydrogen) atoms. The quantitative estimate of drug-likeness (QED) is 0.339. The minimum Gasteiger partial charge on any atom is -0.506 e. The normalized spacial score (nSPS) is 11.0. The Morgan fingerprint density at radius 3 is 2.34 bits per heavy atom. The number of halogens is 1. The lowest BCUT2D eigenvalue weighted by Gasteiger charge is -2.18. The number of nitrogens with zero attached hydrogens (tertiary/aromatic N) is 4. The van der Waals surface area contributed by atoms with Gasteiger partial charge in [-0.25, -0.2) is 9.97 Å². The number of hydrogen-bond donors (Lipinski definition) is 2. The van der Waals surface area contributed by atoms with Gasteiger partial charge in [-0.3, -0.25) is 0 Å². The Hall–Kier alpha value is -4.25. The number of hydrogen-bond acceptors (Lipinski definition) is 10. The minimum atomic E-state index is -0.604. The Morgan fingerprint density at radius 2 is 1.71 bits per heavy atom.